The lowest BCUT2D eigenvalue weighted by Crippen LogP contribution is -2.04. The molecular weight excluding hydrogens is 299 g/mol. The zero-order valence-corrected chi connectivity index (χ0v) is 11.9. The maximum atomic E-state index is 13.0. The predicted octanol–water partition coefficient (Wildman–Crippen LogP) is 4.01. The van der Waals surface area contributed by atoms with Gasteiger partial charge < -0.3 is 10.1 Å². The van der Waals surface area contributed by atoms with E-state index in [0.29, 0.717) is 17.0 Å². The minimum atomic E-state index is -0.532. The first-order valence-electron chi connectivity index (χ1n) is 6.05. The van der Waals surface area contributed by atoms with Crippen molar-refractivity contribution in [2.45, 2.75) is 6.61 Å². The van der Waals surface area contributed by atoms with Crippen LogP contribution in [0.2, 0.25) is 5.02 Å². The second kappa shape index (κ2) is 6.41. The van der Waals surface area contributed by atoms with Crippen molar-refractivity contribution in [3.05, 3.63) is 62.9 Å². The second-order valence-corrected chi connectivity index (χ2v) is 4.59. The van der Waals surface area contributed by atoms with Crippen LogP contribution in [0.4, 0.5) is 15.8 Å². The van der Waals surface area contributed by atoms with Crippen molar-refractivity contribution < 1.29 is 14.1 Å². The van der Waals surface area contributed by atoms with Gasteiger partial charge in [0.15, 0.2) is 0 Å². The Morgan fingerprint density at radius 2 is 2.14 bits per heavy atom. The Bertz CT molecular complexity index is 679. The average Bonchev–Trinajstić information content (AvgIpc) is 2.47. The molecule has 2 rings (SSSR count). The van der Waals surface area contributed by atoms with Crippen LogP contribution in [0.25, 0.3) is 0 Å². The van der Waals surface area contributed by atoms with Gasteiger partial charge in [0.2, 0.25) is 0 Å². The summed E-state index contributed by atoms with van der Waals surface area (Å²) in [7, 11) is 1.60. The normalized spacial score (nSPS) is 10.2. The summed E-state index contributed by atoms with van der Waals surface area (Å²) in [6.45, 7) is 0.0970. The van der Waals surface area contributed by atoms with Crippen LogP contribution < -0.4 is 10.1 Å². The zero-order chi connectivity index (χ0) is 15.4. The molecule has 2 aromatic carbocycles. The number of nitro groups is 1. The lowest BCUT2D eigenvalue weighted by molar-refractivity contribution is -0.384. The molecule has 21 heavy (non-hydrogen) atoms. The number of nitrogens with one attached hydrogen (secondary N) is 1. The van der Waals surface area contributed by atoms with Crippen LogP contribution >= 0.6 is 11.6 Å². The highest BCUT2D eigenvalue weighted by atomic mass is 35.5. The molecule has 0 spiro atoms. The monoisotopic (exact) mass is 310 g/mol. The van der Waals surface area contributed by atoms with Crippen molar-refractivity contribution in [1.82, 2.24) is 0 Å². The Hall–Kier alpha value is -2.34. The number of ether oxygens (including phenoxy) is 1. The topological polar surface area (TPSA) is 64.4 Å². The summed E-state index contributed by atoms with van der Waals surface area (Å²) in [6, 6.07) is 8.69. The lowest BCUT2D eigenvalue weighted by atomic mass is 10.1. The summed E-state index contributed by atoms with van der Waals surface area (Å²) < 4.78 is 18.5. The van der Waals surface area contributed by atoms with Crippen LogP contribution in [0.1, 0.15) is 5.56 Å². The summed E-state index contributed by atoms with van der Waals surface area (Å²) in [6.07, 6.45) is 0. The highest BCUT2D eigenvalue weighted by Gasteiger charge is 2.16. The quantitative estimate of drug-likeness (QED) is 0.669. The van der Waals surface area contributed by atoms with E-state index < -0.39 is 10.7 Å². The zero-order valence-electron chi connectivity index (χ0n) is 11.1. The molecule has 5 nitrogen and oxygen atoms in total. The maximum absolute atomic E-state index is 13.0. The fourth-order valence-corrected chi connectivity index (χ4v) is 2.05. The van der Waals surface area contributed by atoms with E-state index in [0.717, 1.165) is 0 Å². The minimum absolute atomic E-state index is 0.0317. The molecule has 0 aromatic heterocycles. The van der Waals surface area contributed by atoms with E-state index >= 15 is 0 Å². The Kier molecular flexibility index (Phi) is 4.59. The molecule has 0 radical (unpaired) electrons. The highest BCUT2D eigenvalue weighted by Crippen LogP contribution is 2.29. The second-order valence-electron chi connectivity index (χ2n) is 4.18. The SMILES string of the molecule is CNc1c(COc2ccc(F)c(Cl)c2)cccc1[N+](=O)[O-]. The summed E-state index contributed by atoms with van der Waals surface area (Å²) in [5.74, 6) is -0.148. The van der Waals surface area contributed by atoms with E-state index in [4.69, 9.17) is 16.3 Å². The fraction of sp³-hybridized carbons (Fsp3) is 0.143. The van der Waals surface area contributed by atoms with E-state index in [-0.39, 0.29) is 17.3 Å². The van der Waals surface area contributed by atoms with Gasteiger partial charge in [0.05, 0.1) is 9.95 Å². The van der Waals surface area contributed by atoms with Gasteiger partial charge in [-0.1, -0.05) is 23.7 Å². The average molecular weight is 311 g/mol. The van der Waals surface area contributed by atoms with E-state index in [1.807, 2.05) is 0 Å². The van der Waals surface area contributed by atoms with E-state index in [1.54, 1.807) is 19.2 Å². The molecule has 0 bridgehead atoms. The minimum Gasteiger partial charge on any atom is -0.489 e. The van der Waals surface area contributed by atoms with Crippen LogP contribution in [-0.4, -0.2) is 12.0 Å². The van der Waals surface area contributed by atoms with Gasteiger partial charge in [0.25, 0.3) is 5.69 Å². The first-order chi connectivity index (χ1) is 10.0. The number of rotatable bonds is 5. The molecule has 0 aliphatic heterocycles. The van der Waals surface area contributed by atoms with Crippen molar-refractivity contribution >= 4 is 23.0 Å². The number of nitro benzene ring substituents is 1. The molecule has 0 unspecified atom stereocenters. The number of anilines is 1. The van der Waals surface area contributed by atoms with Gasteiger partial charge in [-0.2, -0.15) is 0 Å². The Morgan fingerprint density at radius 1 is 1.38 bits per heavy atom. The largest absolute Gasteiger partial charge is 0.489 e. The number of nitrogens with zero attached hydrogens (tertiary/aromatic N) is 1. The van der Waals surface area contributed by atoms with Crippen LogP contribution in [0, 0.1) is 15.9 Å². The molecule has 1 N–H and O–H groups in total. The van der Waals surface area contributed by atoms with Gasteiger partial charge in [-0.3, -0.25) is 10.1 Å². The molecule has 0 saturated heterocycles. The smallest absolute Gasteiger partial charge is 0.292 e. The molecular formula is C14H12ClFN2O3. The third-order valence-corrected chi connectivity index (χ3v) is 3.15. The van der Waals surface area contributed by atoms with Gasteiger partial charge in [-0.15, -0.1) is 0 Å². The lowest BCUT2D eigenvalue weighted by Gasteiger charge is -2.11. The Labute approximate surface area is 125 Å². The highest BCUT2D eigenvalue weighted by molar-refractivity contribution is 6.30. The Morgan fingerprint density at radius 3 is 2.76 bits per heavy atom. The molecule has 0 aliphatic carbocycles. The van der Waals surface area contributed by atoms with Crippen molar-refractivity contribution in [2.75, 3.05) is 12.4 Å². The van der Waals surface area contributed by atoms with E-state index in [2.05, 4.69) is 5.32 Å². The first kappa shape index (κ1) is 15.1. The third kappa shape index (κ3) is 3.41. The number of hydrogen-bond acceptors (Lipinski definition) is 4. The maximum Gasteiger partial charge on any atom is 0.292 e. The number of para-hydroxylation sites is 1. The number of benzene rings is 2. The summed E-state index contributed by atoms with van der Waals surface area (Å²) in [4.78, 5) is 10.5. The van der Waals surface area contributed by atoms with Gasteiger partial charge >= 0.3 is 0 Å². The van der Waals surface area contributed by atoms with Crippen LogP contribution in [-0.2, 0) is 6.61 Å². The summed E-state index contributed by atoms with van der Waals surface area (Å²) >= 11 is 5.66. The van der Waals surface area contributed by atoms with Crippen molar-refractivity contribution in [2.24, 2.45) is 0 Å². The molecule has 110 valence electrons. The predicted molar refractivity (Wildman–Crippen MR) is 78.4 cm³/mol. The number of hydrogen-bond donors (Lipinski definition) is 1. The molecule has 7 heteroatoms. The van der Waals surface area contributed by atoms with Crippen molar-refractivity contribution in [1.29, 1.82) is 0 Å². The standard InChI is InChI=1S/C14H12ClFN2O3/c1-17-14-9(3-2-4-13(14)18(19)20)8-21-10-5-6-12(16)11(15)7-10/h2-7,17H,8H2,1H3. The molecule has 0 atom stereocenters. The van der Waals surface area contributed by atoms with E-state index in [1.165, 1.54) is 24.3 Å². The van der Waals surface area contributed by atoms with Gasteiger partial charge in [-0.25, -0.2) is 4.39 Å². The fourth-order valence-electron chi connectivity index (χ4n) is 1.88. The molecule has 0 aliphatic rings. The molecule has 0 amide bonds. The third-order valence-electron chi connectivity index (χ3n) is 2.86. The molecule has 0 fully saturated rings. The molecule has 0 heterocycles. The van der Waals surface area contributed by atoms with Crippen LogP contribution in [0.3, 0.4) is 0 Å². The van der Waals surface area contributed by atoms with Crippen molar-refractivity contribution in [3.8, 4) is 5.75 Å². The van der Waals surface area contributed by atoms with Gasteiger partial charge in [-0.05, 0) is 12.1 Å². The van der Waals surface area contributed by atoms with Crippen molar-refractivity contribution in [3.63, 3.8) is 0 Å². The van der Waals surface area contributed by atoms with E-state index in [9.17, 15) is 14.5 Å². The summed E-state index contributed by atoms with van der Waals surface area (Å²) in [5, 5.41) is 13.7. The first-order valence-corrected chi connectivity index (χ1v) is 6.42. The van der Waals surface area contributed by atoms with Crippen LogP contribution in [0.5, 0.6) is 5.75 Å². The number of halogens is 2. The summed E-state index contributed by atoms with van der Waals surface area (Å²) in [5.41, 5.74) is 0.971. The van der Waals surface area contributed by atoms with Crippen LogP contribution in [0.15, 0.2) is 36.4 Å². The van der Waals surface area contributed by atoms with Gasteiger partial charge in [0.1, 0.15) is 23.9 Å². The molecule has 2 aromatic rings. The Balaban J connectivity index is 2.21. The molecule has 0 saturated carbocycles. The van der Waals surface area contributed by atoms with Gasteiger partial charge in [0, 0.05) is 24.7 Å².